The Morgan fingerprint density at radius 3 is 2.96 bits per heavy atom. The maximum Gasteiger partial charge on any atom is 0.246 e. The zero-order chi connectivity index (χ0) is 17.2. The lowest BCUT2D eigenvalue weighted by Crippen LogP contribution is -2.11. The summed E-state index contributed by atoms with van der Waals surface area (Å²) in [5, 5.41) is 7.84. The van der Waals surface area contributed by atoms with Crippen LogP contribution in [0.3, 0.4) is 0 Å². The summed E-state index contributed by atoms with van der Waals surface area (Å²) < 4.78 is 5.28. The molecule has 0 atom stereocenters. The molecule has 126 valence electrons. The van der Waals surface area contributed by atoms with Gasteiger partial charge in [0, 0.05) is 28.3 Å². The molecule has 1 N–H and O–H groups in total. The lowest BCUT2D eigenvalue weighted by molar-refractivity contribution is 0.0972. The number of halogens is 1. The quantitative estimate of drug-likeness (QED) is 0.746. The second kappa shape index (κ2) is 6.69. The summed E-state index contributed by atoms with van der Waals surface area (Å²) in [5.41, 5.74) is 3.63. The molecule has 3 aromatic rings. The van der Waals surface area contributed by atoms with Crippen molar-refractivity contribution in [3.05, 3.63) is 64.5 Å². The Balaban J connectivity index is 1.47. The second-order valence-corrected chi connectivity index (χ2v) is 6.46. The van der Waals surface area contributed by atoms with Gasteiger partial charge in [-0.2, -0.15) is 4.98 Å². The molecule has 0 spiro atoms. The van der Waals surface area contributed by atoms with E-state index in [2.05, 4.69) is 15.5 Å². The number of hydrogen-bond acceptors (Lipinski definition) is 5. The predicted molar refractivity (Wildman–Crippen MR) is 95.8 cm³/mol. The Hall–Kier alpha value is -2.66. The van der Waals surface area contributed by atoms with E-state index < -0.39 is 0 Å². The SMILES string of the molecule is O=C1CCCc2ccc(NCc3nc(-c4cccc(Cl)c4)no3)cc21. The standard InChI is InChI=1S/C19H16ClN3O2/c20-14-5-1-4-13(9-14)19-22-18(25-23-19)11-21-15-8-7-12-3-2-6-17(24)16(12)10-15/h1,4-5,7-10,21H,2-3,6,11H2. The van der Waals surface area contributed by atoms with E-state index in [0.29, 0.717) is 29.7 Å². The van der Waals surface area contributed by atoms with Crippen LogP contribution in [0.4, 0.5) is 5.69 Å². The molecule has 2 aromatic carbocycles. The van der Waals surface area contributed by atoms with Crippen LogP contribution in [-0.2, 0) is 13.0 Å². The van der Waals surface area contributed by atoms with Gasteiger partial charge < -0.3 is 9.84 Å². The first-order chi connectivity index (χ1) is 12.2. The number of fused-ring (bicyclic) bond motifs is 1. The van der Waals surface area contributed by atoms with Crippen molar-refractivity contribution in [2.45, 2.75) is 25.8 Å². The minimum absolute atomic E-state index is 0.214. The molecule has 0 saturated carbocycles. The molecule has 1 aliphatic rings. The summed E-state index contributed by atoms with van der Waals surface area (Å²) in [5.74, 6) is 1.19. The summed E-state index contributed by atoms with van der Waals surface area (Å²) in [6, 6.07) is 13.2. The molecule has 0 bridgehead atoms. The number of anilines is 1. The van der Waals surface area contributed by atoms with Crippen LogP contribution in [0, 0.1) is 0 Å². The van der Waals surface area contributed by atoms with E-state index in [4.69, 9.17) is 16.1 Å². The van der Waals surface area contributed by atoms with Crippen molar-refractivity contribution in [2.75, 3.05) is 5.32 Å². The molecule has 1 aromatic heterocycles. The number of aromatic nitrogens is 2. The fraction of sp³-hybridized carbons (Fsp3) is 0.211. The second-order valence-electron chi connectivity index (χ2n) is 6.02. The molecule has 6 heteroatoms. The first-order valence-electron chi connectivity index (χ1n) is 8.17. The number of nitrogens with one attached hydrogen (secondary N) is 1. The predicted octanol–water partition coefficient (Wildman–Crippen LogP) is 4.52. The number of benzene rings is 2. The van der Waals surface area contributed by atoms with Crippen molar-refractivity contribution >= 4 is 23.1 Å². The summed E-state index contributed by atoms with van der Waals surface area (Å²) >= 11 is 5.99. The molecule has 4 rings (SSSR count). The monoisotopic (exact) mass is 353 g/mol. The van der Waals surface area contributed by atoms with Gasteiger partial charge in [0.25, 0.3) is 0 Å². The molecular weight excluding hydrogens is 338 g/mol. The molecular formula is C19H16ClN3O2. The number of carbonyl (C=O) groups excluding carboxylic acids is 1. The van der Waals surface area contributed by atoms with Gasteiger partial charge in [0.1, 0.15) is 0 Å². The average Bonchev–Trinajstić information content (AvgIpc) is 3.10. The zero-order valence-corrected chi connectivity index (χ0v) is 14.2. The van der Waals surface area contributed by atoms with Gasteiger partial charge in [-0.1, -0.05) is 35.0 Å². The highest BCUT2D eigenvalue weighted by Gasteiger charge is 2.17. The van der Waals surface area contributed by atoms with E-state index in [9.17, 15) is 4.79 Å². The number of ketones is 1. The van der Waals surface area contributed by atoms with Crippen LogP contribution in [0.2, 0.25) is 5.02 Å². The van der Waals surface area contributed by atoms with Crippen molar-refractivity contribution in [2.24, 2.45) is 0 Å². The summed E-state index contributed by atoms with van der Waals surface area (Å²) in [7, 11) is 0. The number of rotatable bonds is 4. The minimum atomic E-state index is 0.214. The number of carbonyl (C=O) groups is 1. The van der Waals surface area contributed by atoms with Crippen LogP contribution in [0.15, 0.2) is 47.0 Å². The Labute approximate surface area is 150 Å². The van der Waals surface area contributed by atoms with E-state index in [1.165, 1.54) is 0 Å². The average molecular weight is 354 g/mol. The van der Waals surface area contributed by atoms with Gasteiger partial charge in [0.05, 0.1) is 6.54 Å². The van der Waals surface area contributed by atoms with E-state index >= 15 is 0 Å². The number of hydrogen-bond donors (Lipinski definition) is 1. The molecule has 0 fully saturated rings. The number of aryl methyl sites for hydroxylation is 1. The molecule has 1 aliphatic carbocycles. The lowest BCUT2D eigenvalue weighted by Gasteiger charge is -2.15. The first kappa shape index (κ1) is 15.8. The summed E-state index contributed by atoms with van der Waals surface area (Å²) in [6.07, 6.45) is 2.53. The van der Waals surface area contributed by atoms with E-state index in [-0.39, 0.29) is 5.78 Å². The highest BCUT2D eigenvalue weighted by molar-refractivity contribution is 6.30. The fourth-order valence-electron chi connectivity index (χ4n) is 2.99. The molecule has 1 heterocycles. The third-order valence-electron chi connectivity index (χ3n) is 4.25. The van der Waals surface area contributed by atoms with Crippen molar-refractivity contribution in [1.82, 2.24) is 10.1 Å². The molecule has 0 saturated heterocycles. The topological polar surface area (TPSA) is 68.0 Å². The molecule has 5 nitrogen and oxygen atoms in total. The van der Waals surface area contributed by atoms with Crippen molar-refractivity contribution in [3.8, 4) is 11.4 Å². The number of Topliss-reactive ketones (excluding diaryl/α,β-unsaturated/α-hetero) is 1. The van der Waals surface area contributed by atoms with Crippen molar-refractivity contribution < 1.29 is 9.32 Å². The fourth-order valence-corrected chi connectivity index (χ4v) is 3.18. The molecule has 25 heavy (non-hydrogen) atoms. The van der Waals surface area contributed by atoms with Gasteiger partial charge in [-0.05, 0) is 42.7 Å². The highest BCUT2D eigenvalue weighted by atomic mass is 35.5. The minimum Gasteiger partial charge on any atom is -0.376 e. The Bertz CT molecular complexity index is 936. The van der Waals surface area contributed by atoms with Gasteiger partial charge in [-0.25, -0.2) is 0 Å². The third-order valence-corrected chi connectivity index (χ3v) is 4.49. The van der Waals surface area contributed by atoms with Crippen LogP contribution in [0.1, 0.15) is 34.7 Å². The van der Waals surface area contributed by atoms with Crippen molar-refractivity contribution in [1.29, 1.82) is 0 Å². The maximum atomic E-state index is 12.0. The van der Waals surface area contributed by atoms with Crippen LogP contribution in [-0.4, -0.2) is 15.9 Å². The normalized spacial score (nSPS) is 13.6. The van der Waals surface area contributed by atoms with Crippen LogP contribution < -0.4 is 5.32 Å². The first-order valence-corrected chi connectivity index (χ1v) is 8.55. The maximum absolute atomic E-state index is 12.0. The Kier molecular flexibility index (Phi) is 4.24. The molecule has 0 unspecified atom stereocenters. The molecule has 0 amide bonds. The van der Waals surface area contributed by atoms with Gasteiger partial charge >= 0.3 is 0 Å². The van der Waals surface area contributed by atoms with E-state index in [1.54, 1.807) is 12.1 Å². The van der Waals surface area contributed by atoms with Crippen LogP contribution in [0.5, 0.6) is 0 Å². The van der Waals surface area contributed by atoms with Crippen molar-refractivity contribution in [3.63, 3.8) is 0 Å². The van der Waals surface area contributed by atoms with Gasteiger partial charge in [-0.3, -0.25) is 4.79 Å². The van der Waals surface area contributed by atoms with Gasteiger partial charge in [0.2, 0.25) is 11.7 Å². The Morgan fingerprint density at radius 2 is 2.08 bits per heavy atom. The number of nitrogens with zero attached hydrogens (tertiary/aromatic N) is 2. The van der Waals surface area contributed by atoms with Gasteiger partial charge in [-0.15, -0.1) is 0 Å². The third kappa shape index (κ3) is 3.42. The van der Waals surface area contributed by atoms with Crippen LogP contribution >= 0.6 is 11.6 Å². The highest BCUT2D eigenvalue weighted by Crippen LogP contribution is 2.25. The van der Waals surface area contributed by atoms with E-state index in [0.717, 1.165) is 35.2 Å². The van der Waals surface area contributed by atoms with Crippen LogP contribution in [0.25, 0.3) is 11.4 Å². The summed E-state index contributed by atoms with van der Waals surface area (Å²) in [6.45, 7) is 0.389. The molecule has 0 aliphatic heterocycles. The Morgan fingerprint density at radius 1 is 1.16 bits per heavy atom. The largest absolute Gasteiger partial charge is 0.376 e. The zero-order valence-electron chi connectivity index (χ0n) is 13.5. The lowest BCUT2D eigenvalue weighted by atomic mass is 9.90. The van der Waals surface area contributed by atoms with E-state index in [1.807, 2.05) is 30.3 Å². The smallest absolute Gasteiger partial charge is 0.246 e. The van der Waals surface area contributed by atoms with Gasteiger partial charge in [0.15, 0.2) is 5.78 Å². The summed E-state index contributed by atoms with van der Waals surface area (Å²) in [4.78, 5) is 16.4. The molecule has 0 radical (unpaired) electrons.